The Hall–Kier alpha value is -2.93. The lowest BCUT2D eigenvalue weighted by Crippen LogP contribution is -2.35. The number of fused-ring (bicyclic) bond motifs is 1. The molecule has 1 aromatic heterocycles. The predicted molar refractivity (Wildman–Crippen MR) is 136 cm³/mol. The highest BCUT2D eigenvalue weighted by molar-refractivity contribution is 8.27. The summed E-state index contributed by atoms with van der Waals surface area (Å²) in [6.07, 6.45) is 7.76. The first-order valence-corrected chi connectivity index (χ1v) is 12.4. The first-order valence-electron chi connectivity index (χ1n) is 11.6. The number of carbonyl (C=O) groups excluding carboxylic acids is 1. The van der Waals surface area contributed by atoms with Crippen LogP contribution in [0.2, 0.25) is 0 Å². The molecule has 33 heavy (non-hydrogen) atoms. The number of aryl methyl sites for hydroxylation is 3. The summed E-state index contributed by atoms with van der Waals surface area (Å²) in [7, 11) is 0. The maximum atomic E-state index is 12.9. The van der Waals surface area contributed by atoms with Crippen molar-refractivity contribution in [2.45, 2.75) is 59.8 Å². The molecule has 1 amide bonds. The largest absolute Gasteiger partial charge is 0.318 e. The van der Waals surface area contributed by atoms with Crippen molar-refractivity contribution in [3.8, 4) is 5.69 Å². The van der Waals surface area contributed by atoms with Crippen LogP contribution in [-0.2, 0) is 4.79 Å². The van der Waals surface area contributed by atoms with Crippen LogP contribution < -0.4 is 0 Å². The fourth-order valence-electron chi connectivity index (χ4n) is 4.94. The zero-order valence-corrected chi connectivity index (χ0v) is 20.4. The summed E-state index contributed by atoms with van der Waals surface area (Å²) in [5.74, 6) is 0.166. The molecule has 5 rings (SSSR count). The number of rotatable bonds is 3. The molecule has 3 aliphatic rings. The highest BCUT2D eigenvalue weighted by Gasteiger charge is 2.38. The minimum absolute atomic E-state index is 0.111. The second-order valence-corrected chi connectivity index (χ2v) is 10.2. The van der Waals surface area contributed by atoms with E-state index in [4.69, 9.17) is 10.5 Å². The second kappa shape index (κ2) is 8.45. The quantitative estimate of drug-likeness (QED) is 0.580. The summed E-state index contributed by atoms with van der Waals surface area (Å²) in [4.78, 5) is 17.2. The predicted octanol–water partition coefficient (Wildman–Crippen LogP) is 5.91. The third kappa shape index (κ3) is 3.88. The third-order valence-corrected chi connectivity index (χ3v) is 7.87. The van der Waals surface area contributed by atoms with Crippen molar-refractivity contribution < 1.29 is 4.79 Å². The van der Waals surface area contributed by atoms with E-state index in [0.717, 1.165) is 40.5 Å². The second-order valence-electron chi connectivity index (χ2n) is 9.25. The lowest BCUT2D eigenvalue weighted by molar-refractivity contribution is -0.114. The maximum Gasteiger partial charge on any atom is 0.283 e. The monoisotopic (exact) mass is 459 g/mol. The van der Waals surface area contributed by atoms with Gasteiger partial charge < -0.3 is 4.57 Å². The fraction of sp³-hybridized carbons (Fsp3) is 0.385. The van der Waals surface area contributed by atoms with Gasteiger partial charge in [0.1, 0.15) is 5.04 Å². The van der Waals surface area contributed by atoms with Gasteiger partial charge in [0.05, 0.1) is 5.57 Å². The average Bonchev–Trinajstić information content (AvgIpc) is 3.34. The van der Waals surface area contributed by atoms with Crippen molar-refractivity contribution in [1.82, 2.24) is 9.58 Å². The Bertz CT molecular complexity index is 1260. The van der Waals surface area contributed by atoms with Crippen molar-refractivity contribution >= 4 is 39.8 Å². The molecule has 170 valence electrons. The summed E-state index contributed by atoms with van der Waals surface area (Å²) in [5.41, 5.74) is 6.85. The van der Waals surface area contributed by atoms with Gasteiger partial charge in [0.2, 0.25) is 5.17 Å². The number of nitrogens with one attached hydrogen (secondary N) is 1. The summed E-state index contributed by atoms with van der Waals surface area (Å²) in [5, 5.41) is 16.5. The molecule has 6 nitrogen and oxygen atoms in total. The smallest absolute Gasteiger partial charge is 0.283 e. The minimum atomic E-state index is -0.365. The number of amidine groups is 2. The SMILES string of the molecule is Cc1ccc(C)c(-n2c(C)cc(/C=C3/C(=N)N4N=C(C5CCCCC5)SC4=NC3=O)c2C)c1. The van der Waals surface area contributed by atoms with Gasteiger partial charge in [0.15, 0.2) is 5.84 Å². The molecule has 1 saturated carbocycles. The molecule has 1 fully saturated rings. The minimum Gasteiger partial charge on any atom is -0.318 e. The number of aromatic nitrogens is 1. The van der Waals surface area contributed by atoms with E-state index in [1.165, 1.54) is 42.2 Å². The highest BCUT2D eigenvalue weighted by atomic mass is 32.2. The van der Waals surface area contributed by atoms with Gasteiger partial charge in [-0.2, -0.15) is 15.1 Å². The van der Waals surface area contributed by atoms with Crippen molar-refractivity contribution in [2.24, 2.45) is 16.0 Å². The zero-order valence-electron chi connectivity index (χ0n) is 19.6. The van der Waals surface area contributed by atoms with Crippen LogP contribution >= 0.6 is 11.8 Å². The molecule has 7 heteroatoms. The van der Waals surface area contributed by atoms with E-state index in [1.54, 1.807) is 11.1 Å². The molecule has 0 unspecified atom stereocenters. The van der Waals surface area contributed by atoms with Crippen molar-refractivity contribution in [1.29, 1.82) is 5.41 Å². The zero-order chi connectivity index (χ0) is 23.3. The van der Waals surface area contributed by atoms with Gasteiger partial charge in [-0.1, -0.05) is 31.4 Å². The number of benzene rings is 1. The molecule has 1 aromatic carbocycles. The molecule has 2 aliphatic heterocycles. The van der Waals surface area contributed by atoms with Gasteiger partial charge in [-0.25, -0.2) is 0 Å². The topological polar surface area (TPSA) is 73.8 Å². The van der Waals surface area contributed by atoms with Crippen LogP contribution in [0.15, 0.2) is 39.9 Å². The van der Waals surface area contributed by atoms with Gasteiger partial charge in [-0.3, -0.25) is 10.2 Å². The number of nitrogens with zero attached hydrogens (tertiary/aromatic N) is 4. The van der Waals surface area contributed by atoms with E-state index in [1.807, 2.05) is 0 Å². The lowest BCUT2D eigenvalue weighted by Gasteiger charge is -2.20. The summed E-state index contributed by atoms with van der Waals surface area (Å²) in [6, 6.07) is 8.49. The van der Waals surface area contributed by atoms with Gasteiger partial charge >= 0.3 is 0 Å². The Balaban J connectivity index is 1.49. The molecule has 0 radical (unpaired) electrons. The molecular weight excluding hydrogens is 430 g/mol. The first kappa shape index (κ1) is 21.9. The standard InChI is InChI=1S/C26H29N5OS/c1-15-10-11-16(2)22(12-15)30-17(3)13-20(18(30)4)14-21-23(27)31-26(28-24(21)32)33-25(29-31)19-8-6-5-7-9-19/h10-14,19,27H,5-9H2,1-4H3/b21-14-,27-23?. The Labute approximate surface area is 199 Å². The van der Waals surface area contributed by atoms with Crippen LogP contribution in [0.1, 0.15) is 60.2 Å². The highest BCUT2D eigenvalue weighted by Crippen LogP contribution is 2.36. The summed E-state index contributed by atoms with van der Waals surface area (Å²) in [6.45, 7) is 8.32. The molecule has 2 aromatic rings. The molecular formula is C26H29N5OS. The van der Waals surface area contributed by atoms with Gasteiger partial charge in [0, 0.05) is 23.0 Å². The average molecular weight is 460 g/mol. The summed E-state index contributed by atoms with van der Waals surface area (Å²) < 4.78 is 2.21. The molecule has 1 aliphatic carbocycles. The molecule has 0 atom stereocenters. The number of hydrazone groups is 1. The van der Waals surface area contributed by atoms with Crippen molar-refractivity contribution in [3.05, 3.63) is 57.9 Å². The van der Waals surface area contributed by atoms with Crippen LogP contribution in [0.5, 0.6) is 0 Å². The van der Waals surface area contributed by atoms with Crippen molar-refractivity contribution in [3.63, 3.8) is 0 Å². The lowest BCUT2D eigenvalue weighted by atomic mass is 9.90. The van der Waals surface area contributed by atoms with Gasteiger partial charge in [-0.15, -0.1) is 0 Å². The van der Waals surface area contributed by atoms with E-state index in [-0.39, 0.29) is 17.3 Å². The van der Waals surface area contributed by atoms with E-state index >= 15 is 0 Å². The Morgan fingerprint density at radius 2 is 1.85 bits per heavy atom. The molecule has 0 saturated heterocycles. The number of amides is 1. The van der Waals surface area contributed by atoms with Gasteiger partial charge in [-0.05, 0) is 87.2 Å². The first-order chi connectivity index (χ1) is 15.8. The Kier molecular flexibility index (Phi) is 5.60. The van der Waals surface area contributed by atoms with Crippen LogP contribution in [0, 0.1) is 39.0 Å². The van der Waals surface area contributed by atoms with Crippen LogP contribution in [0.25, 0.3) is 11.8 Å². The third-order valence-electron chi connectivity index (χ3n) is 6.80. The van der Waals surface area contributed by atoms with E-state index in [2.05, 4.69) is 61.5 Å². The van der Waals surface area contributed by atoms with Crippen LogP contribution in [0.4, 0.5) is 0 Å². The molecule has 3 heterocycles. The number of hydrogen-bond acceptors (Lipinski definition) is 4. The number of hydrogen-bond donors (Lipinski definition) is 1. The van der Waals surface area contributed by atoms with E-state index in [0.29, 0.717) is 11.1 Å². The normalized spacial score (nSPS) is 20.4. The molecule has 1 N–H and O–H groups in total. The number of aliphatic imine (C=N–C) groups is 1. The van der Waals surface area contributed by atoms with Crippen LogP contribution in [-0.4, -0.2) is 31.5 Å². The van der Waals surface area contributed by atoms with Crippen molar-refractivity contribution in [2.75, 3.05) is 0 Å². The fourth-order valence-corrected chi connectivity index (χ4v) is 6.00. The van der Waals surface area contributed by atoms with Crippen LogP contribution in [0.3, 0.4) is 0 Å². The summed E-state index contributed by atoms with van der Waals surface area (Å²) >= 11 is 1.46. The number of carbonyl (C=O) groups is 1. The Morgan fingerprint density at radius 3 is 2.61 bits per heavy atom. The molecule has 0 bridgehead atoms. The Morgan fingerprint density at radius 1 is 1.09 bits per heavy atom. The maximum absolute atomic E-state index is 12.9. The number of thioether (sulfide) groups is 1. The molecule has 0 spiro atoms. The van der Waals surface area contributed by atoms with E-state index < -0.39 is 0 Å². The van der Waals surface area contributed by atoms with E-state index in [9.17, 15) is 4.79 Å². The van der Waals surface area contributed by atoms with Gasteiger partial charge in [0.25, 0.3) is 5.91 Å².